The first-order valence-electron chi connectivity index (χ1n) is 9.08. The molecule has 6 heteroatoms. The summed E-state index contributed by atoms with van der Waals surface area (Å²) in [5.41, 5.74) is 1.25. The molecule has 0 radical (unpaired) electrons. The van der Waals surface area contributed by atoms with Crippen molar-refractivity contribution in [2.75, 3.05) is 7.11 Å². The fourth-order valence-corrected chi connectivity index (χ4v) is 3.05. The first-order valence-corrected chi connectivity index (χ1v) is 9.08. The highest BCUT2D eigenvalue weighted by Crippen LogP contribution is 2.41. The van der Waals surface area contributed by atoms with E-state index in [0.717, 1.165) is 5.57 Å². The van der Waals surface area contributed by atoms with Gasteiger partial charge >= 0.3 is 0 Å². The Morgan fingerprint density at radius 1 is 1.00 bits per heavy atom. The molecule has 0 amide bonds. The maximum atomic E-state index is 13.3. The lowest BCUT2D eigenvalue weighted by Gasteiger charge is -2.12. The number of allylic oxidation sites excluding steroid dienone is 4. The molecule has 6 nitrogen and oxygen atoms in total. The number of ether oxygens (including phenoxy) is 1. The molecule has 1 aromatic heterocycles. The van der Waals surface area contributed by atoms with Crippen molar-refractivity contribution in [2.45, 2.75) is 13.8 Å². The molecule has 0 unspecified atom stereocenters. The van der Waals surface area contributed by atoms with Gasteiger partial charge in [-0.25, -0.2) is 0 Å². The van der Waals surface area contributed by atoms with Crippen LogP contribution in [0.1, 0.15) is 25.0 Å². The average Bonchev–Trinajstić information content (AvgIpc) is 2.66. The van der Waals surface area contributed by atoms with Gasteiger partial charge in [0.05, 0.1) is 23.6 Å². The summed E-state index contributed by atoms with van der Waals surface area (Å²) in [4.78, 5) is 13.3. The molecule has 30 heavy (non-hydrogen) atoms. The number of benzene rings is 2. The molecule has 0 bridgehead atoms. The van der Waals surface area contributed by atoms with Crippen LogP contribution >= 0.6 is 0 Å². The predicted octanol–water partition coefficient (Wildman–Crippen LogP) is 5.25. The van der Waals surface area contributed by atoms with Crippen LogP contribution in [-0.4, -0.2) is 22.4 Å². The minimum absolute atomic E-state index is 0.0236. The van der Waals surface area contributed by atoms with Gasteiger partial charge in [0.25, 0.3) is 0 Å². The Morgan fingerprint density at radius 3 is 2.17 bits per heavy atom. The van der Waals surface area contributed by atoms with E-state index in [9.17, 15) is 20.1 Å². The van der Waals surface area contributed by atoms with E-state index < -0.39 is 11.2 Å². The van der Waals surface area contributed by atoms with E-state index in [2.05, 4.69) is 13.2 Å². The van der Waals surface area contributed by atoms with Crippen molar-refractivity contribution < 1.29 is 24.5 Å². The smallest absolute Gasteiger partial charge is 0.204 e. The van der Waals surface area contributed by atoms with Gasteiger partial charge in [0.1, 0.15) is 28.1 Å². The molecule has 2 aromatic carbocycles. The summed E-state index contributed by atoms with van der Waals surface area (Å²) in [5, 5.41) is 31.6. The number of aromatic hydroxyl groups is 3. The second-order valence-corrected chi connectivity index (χ2v) is 7.04. The van der Waals surface area contributed by atoms with Gasteiger partial charge < -0.3 is 24.5 Å². The molecule has 0 spiro atoms. The number of hydrogen-bond acceptors (Lipinski definition) is 6. The Kier molecular flexibility index (Phi) is 5.43. The number of phenolic OH excluding ortho intramolecular Hbond substituents is 3. The van der Waals surface area contributed by atoms with Crippen LogP contribution in [0.15, 0.2) is 57.8 Å². The lowest BCUT2D eigenvalue weighted by atomic mass is 10.0. The summed E-state index contributed by atoms with van der Waals surface area (Å²) in [7, 11) is 1.37. The summed E-state index contributed by atoms with van der Waals surface area (Å²) >= 11 is 0. The van der Waals surface area contributed by atoms with Crippen molar-refractivity contribution in [3.8, 4) is 23.0 Å². The molecule has 0 aliphatic heterocycles. The molecule has 0 saturated heterocycles. The second-order valence-electron chi connectivity index (χ2n) is 7.04. The quantitative estimate of drug-likeness (QED) is 0.395. The SMILES string of the molecule is C=C(C)/C=C/c1c(O)cc2oc3c(/C=C/C(=C)C)c(O)c(OC)cc3c(=O)c2c1O. The molecule has 0 atom stereocenters. The summed E-state index contributed by atoms with van der Waals surface area (Å²) < 4.78 is 11.1. The third-order valence-electron chi connectivity index (χ3n) is 4.51. The average molecular weight is 406 g/mol. The van der Waals surface area contributed by atoms with Crippen LogP contribution < -0.4 is 10.2 Å². The van der Waals surface area contributed by atoms with Crippen molar-refractivity contribution in [1.82, 2.24) is 0 Å². The summed E-state index contributed by atoms with van der Waals surface area (Å²) in [6, 6.07) is 2.60. The molecular formula is C24H22O6. The van der Waals surface area contributed by atoms with Crippen molar-refractivity contribution in [3.63, 3.8) is 0 Å². The molecule has 1 heterocycles. The molecule has 3 rings (SSSR count). The number of fused-ring (bicyclic) bond motifs is 2. The van der Waals surface area contributed by atoms with Crippen LogP contribution in [-0.2, 0) is 0 Å². The van der Waals surface area contributed by atoms with Crippen LogP contribution in [0, 0.1) is 0 Å². The highest BCUT2D eigenvalue weighted by molar-refractivity contribution is 6.00. The molecule has 0 aliphatic rings. The molecule has 0 aliphatic carbocycles. The second kappa shape index (κ2) is 7.83. The van der Waals surface area contributed by atoms with Gasteiger partial charge in [0.2, 0.25) is 5.43 Å². The fraction of sp³-hybridized carbons (Fsp3) is 0.125. The van der Waals surface area contributed by atoms with Gasteiger partial charge in [0.15, 0.2) is 11.5 Å². The van der Waals surface area contributed by atoms with Crippen LogP contribution in [0.4, 0.5) is 0 Å². The third kappa shape index (κ3) is 3.55. The lowest BCUT2D eigenvalue weighted by molar-refractivity contribution is 0.373. The fourth-order valence-electron chi connectivity index (χ4n) is 3.05. The van der Waals surface area contributed by atoms with E-state index in [1.54, 1.807) is 32.1 Å². The molecule has 154 valence electrons. The lowest BCUT2D eigenvalue weighted by Crippen LogP contribution is -2.05. The van der Waals surface area contributed by atoms with E-state index >= 15 is 0 Å². The van der Waals surface area contributed by atoms with Gasteiger partial charge in [-0.2, -0.15) is 0 Å². The van der Waals surface area contributed by atoms with E-state index in [-0.39, 0.29) is 50.3 Å². The zero-order valence-corrected chi connectivity index (χ0v) is 16.9. The zero-order chi connectivity index (χ0) is 22.2. The minimum atomic E-state index is -0.531. The number of rotatable bonds is 5. The standard InChI is InChI=1S/C24H22O6/c1-12(2)6-8-14-17(25)11-18-20(22(14)27)23(28)16-10-19(29-5)21(26)15(24(16)30-18)9-7-13(3)4/h6-11,25-27H,1,3H2,2,4-5H3/b8-6+,9-7+. The van der Waals surface area contributed by atoms with Crippen molar-refractivity contribution in [2.24, 2.45) is 0 Å². The van der Waals surface area contributed by atoms with E-state index in [1.165, 1.54) is 25.3 Å². The van der Waals surface area contributed by atoms with Crippen molar-refractivity contribution >= 4 is 34.1 Å². The number of methoxy groups -OCH3 is 1. The van der Waals surface area contributed by atoms with Gasteiger partial charge in [-0.3, -0.25) is 4.79 Å². The van der Waals surface area contributed by atoms with Gasteiger partial charge in [-0.05, 0) is 32.1 Å². The Labute approximate surface area is 173 Å². The van der Waals surface area contributed by atoms with Gasteiger partial charge in [0, 0.05) is 6.07 Å². The largest absolute Gasteiger partial charge is 0.507 e. The first kappa shape index (κ1) is 20.8. The monoisotopic (exact) mass is 406 g/mol. The van der Waals surface area contributed by atoms with Crippen LogP contribution in [0.3, 0.4) is 0 Å². The van der Waals surface area contributed by atoms with Crippen LogP contribution in [0.25, 0.3) is 34.1 Å². The highest BCUT2D eigenvalue weighted by Gasteiger charge is 2.21. The Balaban J connectivity index is 2.49. The molecule has 3 N–H and O–H groups in total. The summed E-state index contributed by atoms with van der Waals surface area (Å²) in [5.74, 6) is -0.809. The zero-order valence-electron chi connectivity index (χ0n) is 16.9. The summed E-state index contributed by atoms with van der Waals surface area (Å²) in [6.45, 7) is 11.1. The minimum Gasteiger partial charge on any atom is -0.507 e. The van der Waals surface area contributed by atoms with Gasteiger partial charge in [-0.1, -0.05) is 36.5 Å². The predicted molar refractivity (Wildman–Crippen MR) is 119 cm³/mol. The molecule has 0 saturated carbocycles. The highest BCUT2D eigenvalue weighted by atomic mass is 16.5. The van der Waals surface area contributed by atoms with E-state index in [1.807, 2.05) is 0 Å². The van der Waals surface area contributed by atoms with Crippen LogP contribution in [0.5, 0.6) is 23.0 Å². The van der Waals surface area contributed by atoms with Crippen LogP contribution in [0.2, 0.25) is 0 Å². The van der Waals surface area contributed by atoms with Crippen molar-refractivity contribution in [1.29, 1.82) is 0 Å². The summed E-state index contributed by atoms with van der Waals surface area (Å²) in [6.07, 6.45) is 6.28. The van der Waals surface area contributed by atoms with Crippen molar-refractivity contribution in [3.05, 3.63) is 69.9 Å². The normalized spacial score (nSPS) is 11.7. The first-order chi connectivity index (χ1) is 14.1. The maximum absolute atomic E-state index is 13.3. The number of hydrogen-bond donors (Lipinski definition) is 3. The van der Waals surface area contributed by atoms with E-state index in [0.29, 0.717) is 5.57 Å². The number of phenols is 3. The Hall–Kier alpha value is -3.93. The molecular weight excluding hydrogens is 384 g/mol. The Morgan fingerprint density at radius 2 is 1.60 bits per heavy atom. The topological polar surface area (TPSA) is 100 Å². The maximum Gasteiger partial charge on any atom is 0.204 e. The molecule has 0 fully saturated rings. The van der Waals surface area contributed by atoms with E-state index in [4.69, 9.17) is 9.15 Å². The van der Waals surface area contributed by atoms with Gasteiger partial charge in [-0.15, -0.1) is 0 Å². The Bertz CT molecular complexity index is 1320. The third-order valence-corrected chi connectivity index (χ3v) is 4.51. The molecule has 3 aromatic rings.